The summed E-state index contributed by atoms with van der Waals surface area (Å²) in [5, 5.41) is 0.812. The van der Waals surface area contributed by atoms with Crippen LogP contribution >= 0.6 is 11.6 Å². The smallest absolute Gasteiger partial charge is 0.0674 e. The zero-order valence-corrected chi connectivity index (χ0v) is 10.6. The van der Waals surface area contributed by atoms with Crippen LogP contribution in [0.5, 0.6) is 0 Å². The van der Waals surface area contributed by atoms with Crippen molar-refractivity contribution in [2.24, 2.45) is 0 Å². The first kappa shape index (κ1) is 11.9. The highest BCUT2D eigenvalue weighted by molar-refractivity contribution is 6.30. The van der Waals surface area contributed by atoms with Gasteiger partial charge in [0.25, 0.3) is 0 Å². The van der Waals surface area contributed by atoms with Crippen LogP contribution in [0.1, 0.15) is 19.4 Å². The summed E-state index contributed by atoms with van der Waals surface area (Å²) >= 11 is 5.98. The number of morpholine rings is 1. The lowest BCUT2D eigenvalue weighted by Crippen LogP contribution is -2.46. The third kappa shape index (κ3) is 2.97. The second kappa shape index (κ2) is 5.17. The number of nitrogens with zero attached hydrogens (tertiary/aromatic N) is 1. The zero-order chi connectivity index (χ0) is 11.5. The van der Waals surface area contributed by atoms with Crippen LogP contribution in [0.15, 0.2) is 24.3 Å². The van der Waals surface area contributed by atoms with Crippen LogP contribution in [0.4, 0.5) is 0 Å². The average molecular weight is 240 g/mol. The van der Waals surface area contributed by atoms with E-state index in [1.165, 1.54) is 5.56 Å². The Morgan fingerprint density at radius 3 is 3.00 bits per heavy atom. The van der Waals surface area contributed by atoms with Crippen LogP contribution in [0.25, 0.3) is 0 Å². The highest BCUT2D eigenvalue weighted by atomic mass is 35.5. The molecule has 0 aliphatic carbocycles. The molecule has 0 amide bonds. The van der Waals surface area contributed by atoms with Gasteiger partial charge in [0.15, 0.2) is 0 Å². The average Bonchev–Trinajstić information content (AvgIpc) is 2.24. The van der Waals surface area contributed by atoms with Crippen molar-refractivity contribution in [1.82, 2.24) is 4.90 Å². The van der Waals surface area contributed by atoms with Gasteiger partial charge in [-0.25, -0.2) is 0 Å². The minimum Gasteiger partial charge on any atom is -0.376 e. The van der Waals surface area contributed by atoms with Crippen LogP contribution in [0.2, 0.25) is 5.02 Å². The summed E-state index contributed by atoms with van der Waals surface area (Å²) in [6.07, 6.45) is 0.329. The van der Waals surface area contributed by atoms with E-state index in [4.69, 9.17) is 16.3 Å². The number of halogens is 1. The predicted octanol–water partition coefficient (Wildman–Crippen LogP) is 2.95. The number of benzene rings is 1. The van der Waals surface area contributed by atoms with Gasteiger partial charge in [0, 0.05) is 24.2 Å². The molecule has 1 aliphatic heterocycles. The van der Waals surface area contributed by atoms with E-state index in [2.05, 4.69) is 24.8 Å². The fraction of sp³-hybridized carbons (Fsp3) is 0.538. The minimum absolute atomic E-state index is 0.329. The number of ether oxygens (including phenoxy) is 1. The molecule has 2 nitrogen and oxygen atoms in total. The van der Waals surface area contributed by atoms with E-state index in [-0.39, 0.29) is 0 Å². The summed E-state index contributed by atoms with van der Waals surface area (Å²) in [7, 11) is 0. The Balaban J connectivity index is 2.02. The van der Waals surface area contributed by atoms with Crippen molar-refractivity contribution in [3.8, 4) is 0 Å². The Hall–Kier alpha value is -0.570. The van der Waals surface area contributed by atoms with Crippen LogP contribution in [-0.4, -0.2) is 30.2 Å². The maximum absolute atomic E-state index is 5.98. The van der Waals surface area contributed by atoms with Gasteiger partial charge in [-0.3, -0.25) is 4.90 Å². The molecule has 16 heavy (non-hydrogen) atoms. The Morgan fingerprint density at radius 2 is 2.25 bits per heavy atom. The van der Waals surface area contributed by atoms with Gasteiger partial charge in [0.2, 0.25) is 0 Å². The molecule has 0 saturated carbocycles. The third-order valence-electron chi connectivity index (χ3n) is 3.01. The van der Waals surface area contributed by atoms with E-state index in [0.29, 0.717) is 12.1 Å². The highest BCUT2D eigenvalue weighted by Crippen LogP contribution is 2.17. The van der Waals surface area contributed by atoms with E-state index in [1.54, 1.807) is 0 Å². The molecule has 88 valence electrons. The maximum Gasteiger partial charge on any atom is 0.0674 e. The molecule has 0 radical (unpaired) electrons. The Morgan fingerprint density at radius 1 is 1.44 bits per heavy atom. The second-order valence-electron chi connectivity index (χ2n) is 4.55. The SMILES string of the molecule is CC1CN(Cc2cccc(Cl)c2)C(C)CO1. The molecule has 2 rings (SSSR count). The lowest BCUT2D eigenvalue weighted by molar-refractivity contribution is -0.0526. The summed E-state index contributed by atoms with van der Waals surface area (Å²) in [5.74, 6) is 0. The van der Waals surface area contributed by atoms with Crippen molar-refractivity contribution in [2.45, 2.75) is 32.5 Å². The monoisotopic (exact) mass is 239 g/mol. The third-order valence-corrected chi connectivity index (χ3v) is 3.25. The van der Waals surface area contributed by atoms with Crippen LogP contribution in [0.3, 0.4) is 0 Å². The Bertz CT molecular complexity index is 356. The zero-order valence-electron chi connectivity index (χ0n) is 9.82. The lowest BCUT2D eigenvalue weighted by atomic mass is 10.1. The number of rotatable bonds is 2. The van der Waals surface area contributed by atoms with E-state index >= 15 is 0 Å². The van der Waals surface area contributed by atoms with Gasteiger partial charge >= 0.3 is 0 Å². The topological polar surface area (TPSA) is 12.5 Å². The minimum atomic E-state index is 0.329. The highest BCUT2D eigenvalue weighted by Gasteiger charge is 2.23. The van der Waals surface area contributed by atoms with Gasteiger partial charge in [0.1, 0.15) is 0 Å². The standard InChI is InChI=1S/C13H18ClNO/c1-10-9-16-11(2)7-15(10)8-12-4-3-5-13(14)6-12/h3-6,10-11H,7-9H2,1-2H3. The quantitative estimate of drug-likeness (QED) is 0.787. The van der Waals surface area contributed by atoms with Gasteiger partial charge in [-0.05, 0) is 31.5 Å². The summed E-state index contributed by atoms with van der Waals surface area (Å²) in [5.41, 5.74) is 1.27. The summed E-state index contributed by atoms with van der Waals surface area (Å²) in [6.45, 7) is 7.10. The van der Waals surface area contributed by atoms with E-state index < -0.39 is 0 Å². The van der Waals surface area contributed by atoms with Crippen LogP contribution in [0, 0.1) is 0 Å². The molecule has 1 aromatic rings. The molecule has 2 unspecified atom stereocenters. The van der Waals surface area contributed by atoms with E-state index in [0.717, 1.165) is 24.7 Å². The molecule has 1 saturated heterocycles. The molecule has 2 atom stereocenters. The van der Waals surface area contributed by atoms with Crippen molar-refractivity contribution in [3.63, 3.8) is 0 Å². The summed E-state index contributed by atoms with van der Waals surface area (Å²) in [4.78, 5) is 2.44. The van der Waals surface area contributed by atoms with Crippen LogP contribution < -0.4 is 0 Å². The molecule has 1 aromatic carbocycles. The number of hydrogen-bond donors (Lipinski definition) is 0. The first-order chi connectivity index (χ1) is 7.65. The molecule has 1 heterocycles. The molecule has 0 aromatic heterocycles. The summed E-state index contributed by atoms with van der Waals surface area (Å²) < 4.78 is 5.61. The molecule has 1 fully saturated rings. The van der Waals surface area contributed by atoms with Crippen molar-refractivity contribution < 1.29 is 4.74 Å². The molecule has 1 aliphatic rings. The van der Waals surface area contributed by atoms with Crippen molar-refractivity contribution in [2.75, 3.05) is 13.2 Å². The van der Waals surface area contributed by atoms with Crippen molar-refractivity contribution >= 4 is 11.6 Å². The molecule has 0 N–H and O–H groups in total. The largest absolute Gasteiger partial charge is 0.376 e. The fourth-order valence-corrected chi connectivity index (χ4v) is 2.27. The molecule has 3 heteroatoms. The fourth-order valence-electron chi connectivity index (χ4n) is 2.06. The predicted molar refractivity (Wildman–Crippen MR) is 66.7 cm³/mol. The first-order valence-electron chi connectivity index (χ1n) is 5.75. The van der Waals surface area contributed by atoms with Gasteiger partial charge in [-0.2, -0.15) is 0 Å². The summed E-state index contributed by atoms with van der Waals surface area (Å²) in [6, 6.07) is 8.56. The van der Waals surface area contributed by atoms with Gasteiger partial charge in [0.05, 0.1) is 12.7 Å². The second-order valence-corrected chi connectivity index (χ2v) is 4.99. The van der Waals surface area contributed by atoms with Gasteiger partial charge < -0.3 is 4.74 Å². The van der Waals surface area contributed by atoms with Crippen LogP contribution in [-0.2, 0) is 11.3 Å². The normalized spacial score (nSPS) is 26.9. The van der Waals surface area contributed by atoms with Crippen molar-refractivity contribution in [3.05, 3.63) is 34.9 Å². The molecule has 0 spiro atoms. The van der Waals surface area contributed by atoms with E-state index in [9.17, 15) is 0 Å². The van der Waals surface area contributed by atoms with Crippen molar-refractivity contribution in [1.29, 1.82) is 0 Å². The van der Waals surface area contributed by atoms with Gasteiger partial charge in [-0.1, -0.05) is 23.7 Å². The Kier molecular flexibility index (Phi) is 3.85. The molecular formula is C13H18ClNO. The van der Waals surface area contributed by atoms with Gasteiger partial charge in [-0.15, -0.1) is 0 Å². The maximum atomic E-state index is 5.98. The number of hydrogen-bond acceptors (Lipinski definition) is 2. The lowest BCUT2D eigenvalue weighted by Gasteiger charge is -2.36. The molecule has 0 bridgehead atoms. The first-order valence-corrected chi connectivity index (χ1v) is 6.13. The Labute approximate surface area is 102 Å². The molecular weight excluding hydrogens is 222 g/mol. The van der Waals surface area contributed by atoms with E-state index in [1.807, 2.05) is 18.2 Å².